The number of carbonyl (C=O) groups excluding carboxylic acids is 5. The van der Waals surface area contributed by atoms with Crippen molar-refractivity contribution in [1.82, 2.24) is 26.7 Å². The van der Waals surface area contributed by atoms with E-state index < -0.39 is 53.0 Å². The zero-order chi connectivity index (χ0) is 27.8. The average Bonchev–Trinajstić information content (AvgIpc) is 3.36. The summed E-state index contributed by atoms with van der Waals surface area (Å²) in [5, 5.41) is 14.4. The molecule has 1 aromatic rings. The van der Waals surface area contributed by atoms with Crippen molar-refractivity contribution in [2.24, 2.45) is 22.4 Å². The molecule has 0 spiro atoms. The summed E-state index contributed by atoms with van der Waals surface area (Å²) in [5.74, 6) is -3.54. The first-order valence-corrected chi connectivity index (χ1v) is 12.4. The first kappa shape index (κ1) is 29.5. The lowest BCUT2D eigenvalue weighted by Gasteiger charge is -2.31. The van der Waals surface area contributed by atoms with E-state index in [4.69, 9.17) is 0 Å². The van der Waals surface area contributed by atoms with Gasteiger partial charge in [0.05, 0.1) is 6.04 Å². The second kappa shape index (κ2) is 13.0. The number of ketones is 1. The third kappa shape index (κ3) is 8.69. The molecule has 5 N–H and O–H groups in total. The van der Waals surface area contributed by atoms with Gasteiger partial charge in [-0.1, -0.05) is 52.8 Å². The molecule has 0 aromatic heterocycles. The van der Waals surface area contributed by atoms with Crippen LogP contribution in [0.1, 0.15) is 51.9 Å². The van der Waals surface area contributed by atoms with Crippen LogP contribution in [0.25, 0.3) is 0 Å². The number of benzene rings is 1. The predicted octanol–water partition coefficient (Wildman–Crippen LogP) is 0.367. The van der Waals surface area contributed by atoms with Gasteiger partial charge in [-0.15, -0.1) is 0 Å². The summed E-state index contributed by atoms with van der Waals surface area (Å²) in [4.78, 5) is 63.8. The Morgan fingerprint density at radius 2 is 1.62 bits per heavy atom. The third-order valence-corrected chi connectivity index (χ3v) is 5.92. The maximum absolute atomic E-state index is 13.1. The van der Waals surface area contributed by atoms with Gasteiger partial charge in [0, 0.05) is 30.8 Å². The number of hydrogen-bond donors (Lipinski definition) is 5. The van der Waals surface area contributed by atoms with E-state index in [1.165, 1.54) is 6.92 Å². The van der Waals surface area contributed by atoms with E-state index in [0.29, 0.717) is 12.1 Å². The summed E-state index contributed by atoms with van der Waals surface area (Å²) < 4.78 is 0. The fourth-order valence-electron chi connectivity index (χ4n) is 3.61. The molecule has 11 nitrogen and oxygen atoms in total. The molecule has 0 radical (unpaired) electrons. The summed E-state index contributed by atoms with van der Waals surface area (Å²) in [6, 6.07) is 5.48. The summed E-state index contributed by atoms with van der Waals surface area (Å²) in [6.07, 6.45) is 1.66. The minimum absolute atomic E-state index is 0.0165. The van der Waals surface area contributed by atoms with Gasteiger partial charge < -0.3 is 26.7 Å². The van der Waals surface area contributed by atoms with Crippen LogP contribution in [0.3, 0.4) is 0 Å². The van der Waals surface area contributed by atoms with Crippen LogP contribution in [0, 0.1) is 17.3 Å². The van der Waals surface area contributed by atoms with Gasteiger partial charge >= 0.3 is 0 Å². The Morgan fingerprint density at radius 1 is 0.973 bits per heavy atom. The van der Waals surface area contributed by atoms with Crippen molar-refractivity contribution in [2.75, 3.05) is 13.1 Å². The van der Waals surface area contributed by atoms with E-state index in [1.807, 2.05) is 0 Å². The van der Waals surface area contributed by atoms with Gasteiger partial charge in [-0.25, -0.2) is 0 Å². The number of nitrogens with zero attached hydrogens (tertiary/aromatic N) is 1. The summed E-state index contributed by atoms with van der Waals surface area (Å²) >= 11 is 0. The van der Waals surface area contributed by atoms with Crippen LogP contribution < -0.4 is 26.7 Å². The minimum Gasteiger partial charge on any atom is -0.349 e. The van der Waals surface area contributed by atoms with Gasteiger partial charge in [-0.05, 0) is 30.4 Å². The maximum atomic E-state index is 13.1. The smallest absolute Gasteiger partial charge is 0.289 e. The number of amides is 4. The molecule has 0 bridgehead atoms. The zero-order valence-electron chi connectivity index (χ0n) is 22.3. The molecule has 0 aliphatic carbocycles. The average molecular weight is 515 g/mol. The highest BCUT2D eigenvalue weighted by Crippen LogP contribution is 2.20. The number of carbonyl (C=O) groups is 5. The van der Waals surface area contributed by atoms with Gasteiger partial charge in [0.15, 0.2) is 0 Å². The van der Waals surface area contributed by atoms with Crippen molar-refractivity contribution in [2.45, 2.75) is 59.7 Å². The second-order valence-corrected chi connectivity index (χ2v) is 10.6. The Bertz CT molecular complexity index is 1020. The van der Waals surface area contributed by atoms with Gasteiger partial charge in [-0.2, -0.15) is 5.10 Å². The standard InChI is InChI=1S/C26H38N6O5/c1-15(2)19(20(33)24(36)27-12-17-13-28-29-14-17)31-22(34)16(3)30-25(37)21(26(4,5)6)32-23(35)18-10-8-7-9-11-18/h7-11,13,15-17,19,21,29H,12,14H2,1-6H3,(H,27,36)(H,30,37)(H,31,34)(H,32,35)/t16-,17?,19-,21+/m0/s1. The summed E-state index contributed by atoms with van der Waals surface area (Å²) in [5.41, 5.74) is 2.53. The minimum atomic E-state index is -1.07. The molecule has 37 heavy (non-hydrogen) atoms. The van der Waals surface area contributed by atoms with Crippen LogP contribution >= 0.6 is 0 Å². The van der Waals surface area contributed by atoms with E-state index in [0.717, 1.165) is 0 Å². The number of hydrazone groups is 1. The number of Topliss-reactive ketones (excluding diaryl/α,β-unsaturated/α-hetero) is 1. The SMILES string of the molecule is CC(C)[C@H](NC(=O)[C@H](C)NC(=O)[C@@H](NC(=O)c1ccccc1)C(C)(C)C)C(=O)C(=O)NCC1C=NNC1. The first-order valence-electron chi connectivity index (χ1n) is 12.4. The molecule has 11 heteroatoms. The van der Waals surface area contributed by atoms with E-state index >= 15 is 0 Å². The van der Waals surface area contributed by atoms with Crippen LogP contribution in [-0.2, 0) is 19.2 Å². The van der Waals surface area contributed by atoms with Crippen LogP contribution in [0.2, 0.25) is 0 Å². The summed E-state index contributed by atoms with van der Waals surface area (Å²) in [7, 11) is 0. The molecule has 0 saturated carbocycles. The van der Waals surface area contributed by atoms with Crippen molar-refractivity contribution in [3.8, 4) is 0 Å². The molecule has 1 unspecified atom stereocenters. The Hall–Kier alpha value is -3.76. The van der Waals surface area contributed by atoms with E-state index in [1.54, 1.807) is 71.2 Å². The van der Waals surface area contributed by atoms with Gasteiger partial charge in [-0.3, -0.25) is 24.0 Å². The van der Waals surface area contributed by atoms with E-state index in [-0.39, 0.29) is 18.4 Å². The molecule has 1 aliphatic rings. The molecule has 1 heterocycles. The van der Waals surface area contributed by atoms with Crippen LogP contribution in [0.5, 0.6) is 0 Å². The predicted molar refractivity (Wildman–Crippen MR) is 140 cm³/mol. The Balaban J connectivity index is 2.00. The van der Waals surface area contributed by atoms with Gasteiger partial charge in [0.1, 0.15) is 12.1 Å². The molecule has 0 saturated heterocycles. The number of nitrogens with one attached hydrogen (secondary N) is 5. The maximum Gasteiger partial charge on any atom is 0.289 e. The van der Waals surface area contributed by atoms with Gasteiger partial charge in [0.25, 0.3) is 11.8 Å². The second-order valence-electron chi connectivity index (χ2n) is 10.6. The number of hydrogen-bond acceptors (Lipinski definition) is 7. The van der Waals surface area contributed by atoms with Crippen LogP contribution in [-0.4, -0.2) is 66.8 Å². The van der Waals surface area contributed by atoms with Crippen molar-refractivity contribution < 1.29 is 24.0 Å². The number of rotatable bonds is 11. The Labute approximate surface area is 217 Å². The van der Waals surface area contributed by atoms with Crippen molar-refractivity contribution in [3.63, 3.8) is 0 Å². The molecule has 1 aromatic carbocycles. The van der Waals surface area contributed by atoms with Gasteiger partial charge in [0.2, 0.25) is 17.6 Å². The molecular weight excluding hydrogens is 476 g/mol. The summed E-state index contributed by atoms with van der Waals surface area (Å²) in [6.45, 7) is 11.1. The lowest BCUT2D eigenvalue weighted by molar-refractivity contribution is -0.141. The Morgan fingerprint density at radius 3 is 2.16 bits per heavy atom. The van der Waals surface area contributed by atoms with Crippen LogP contribution in [0.15, 0.2) is 35.4 Å². The molecule has 0 fully saturated rings. The lowest BCUT2D eigenvalue weighted by atomic mass is 9.85. The third-order valence-electron chi connectivity index (χ3n) is 5.92. The molecule has 1 aliphatic heterocycles. The molecule has 4 atom stereocenters. The van der Waals surface area contributed by atoms with Crippen molar-refractivity contribution in [3.05, 3.63) is 35.9 Å². The zero-order valence-corrected chi connectivity index (χ0v) is 22.3. The molecule has 2 rings (SSSR count). The van der Waals surface area contributed by atoms with E-state index in [2.05, 4.69) is 31.8 Å². The monoisotopic (exact) mass is 514 g/mol. The van der Waals surface area contributed by atoms with Crippen molar-refractivity contribution in [1.29, 1.82) is 0 Å². The topological polar surface area (TPSA) is 158 Å². The molecule has 202 valence electrons. The first-order chi connectivity index (χ1) is 17.3. The van der Waals surface area contributed by atoms with E-state index in [9.17, 15) is 24.0 Å². The normalized spacial score (nSPS) is 17.2. The fraction of sp³-hybridized carbons (Fsp3) is 0.538. The Kier molecular flexibility index (Phi) is 10.3. The highest BCUT2D eigenvalue weighted by molar-refractivity contribution is 6.38. The lowest BCUT2D eigenvalue weighted by Crippen LogP contribution is -2.59. The highest BCUT2D eigenvalue weighted by atomic mass is 16.2. The highest BCUT2D eigenvalue weighted by Gasteiger charge is 2.36. The molecule has 4 amide bonds. The van der Waals surface area contributed by atoms with Crippen molar-refractivity contribution >= 4 is 35.6 Å². The van der Waals surface area contributed by atoms with Crippen LogP contribution in [0.4, 0.5) is 0 Å². The quantitative estimate of drug-likeness (QED) is 0.268. The fourth-order valence-corrected chi connectivity index (χ4v) is 3.61. The molecular formula is C26H38N6O5. The largest absolute Gasteiger partial charge is 0.349 e.